The SMILES string of the molecule is CC(C)(C)NC(=O)[C@H](Cc1ccccc1)N(Cc1ccc(Cl)cc1Cl)C(=O)CN(c1ccc(F)c(Cl)c1)S(=O)(=O)c1ccccc1. The molecule has 0 aliphatic carbocycles. The topological polar surface area (TPSA) is 86.8 Å². The van der Waals surface area contributed by atoms with Crippen LogP contribution in [0.15, 0.2) is 102 Å². The van der Waals surface area contributed by atoms with E-state index in [0.717, 1.165) is 22.0 Å². The molecule has 1 N–H and O–H groups in total. The summed E-state index contributed by atoms with van der Waals surface area (Å²) in [7, 11) is -4.37. The average molecular weight is 705 g/mol. The van der Waals surface area contributed by atoms with Crippen molar-refractivity contribution in [3.63, 3.8) is 0 Å². The molecule has 0 aromatic heterocycles. The Morgan fingerprint density at radius 2 is 1.48 bits per heavy atom. The predicted molar refractivity (Wildman–Crippen MR) is 181 cm³/mol. The first-order valence-electron chi connectivity index (χ1n) is 14.3. The Bertz CT molecular complexity index is 1800. The molecule has 7 nitrogen and oxygen atoms in total. The van der Waals surface area contributed by atoms with Crippen LogP contribution in [0.25, 0.3) is 0 Å². The molecular formula is C34H33Cl3FN3O4S. The number of anilines is 1. The fourth-order valence-corrected chi connectivity index (χ4v) is 6.80. The molecule has 4 aromatic rings. The lowest BCUT2D eigenvalue weighted by atomic mass is 10.0. The Hall–Kier alpha value is -3.63. The molecule has 0 aliphatic rings. The number of sulfonamides is 1. The molecular weight excluding hydrogens is 672 g/mol. The quantitative estimate of drug-likeness (QED) is 0.175. The second kappa shape index (κ2) is 14.9. The largest absolute Gasteiger partial charge is 0.350 e. The van der Waals surface area contributed by atoms with Crippen LogP contribution in [0.1, 0.15) is 31.9 Å². The van der Waals surface area contributed by atoms with Gasteiger partial charge in [0.15, 0.2) is 0 Å². The number of rotatable bonds is 11. The summed E-state index contributed by atoms with van der Waals surface area (Å²) in [6.45, 7) is 4.57. The van der Waals surface area contributed by atoms with Crippen LogP contribution < -0.4 is 9.62 Å². The minimum atomic E-state index is -4.37. The Labute approximate surface area is 283 Å². The van der Waals surface area contributed by atoms with Gasteiger partial charge in [0.1, 0.15) is 18.4 Å². The third-order valence-corrected chi connectivity index (χ3v) is 9.59. The number of nitrogens with zero attached hydrogens (tertiary/aromatic N) is 2. The first kappa shape index (κ1) is 35.2. The lowest BCUT2D eigenvalue weighted by Crippen LogP contribution is -2.56. The first-order valence-corrected chi connectivity index (χ1v) is 16.9. The van der Waals surface area contributed by atoms with E-state index in [0.29, 0.717) is 10.6 Å². The smallest absolute Gasteiger partial charge is 0.264 e. The van der Waals surface area contributed by atoms with Crippen molar-refractivity contribution >= 4 is 62.3 Å². The Morgan fingerprint density at radius 1 is 0.848 bits per heavy atom. The van der Waals surface area contributed by atoms with E-state index < -0.39 is 45.8 Å². The Kier molecular flexibility index (Phi) is 11.4. The van der Waals surface area contributed by atoms with Gasteiger partial charge < -0.3 is 10.2 Å². The number of halogens is 4. The van der Waals surface area contributed by atoms with Crippen LogP contribution >= 0.6 is 34.8 Å². The number of benzene rings is 4. The van der Waals surface area contributed by atoms with Gasteiger partial charge >= 0.3 is 0 Å². The molecule has 2 amide bonds. The second-order valence-electron chi connectivity index (χ2n) is 11.6. The summed E-state index contributed by atoms with van der Waals surface area (Å²) in [5.41, 5.74) is 0.581. The molecule has 0 aliphatic heterocycles. The number of amides is 2. The molecule has 4 rings (SSSR count). The Balaban J connectivity index is 1.85. The van der Waals surface area contributed by atoms with Crippen molar-refractivity contribution in [1.29, 1.82) is 0 Å². The van der Waals surface area contributed by atoms with Crippen molar-refractivity contribution in [2.24, 2.45) is 0 Å². The van der Waals surface area contributed by atoms with E-state index in [4.69, 9.17) is 34.8 Å². The number of hydrogen-bond donors (Lipinski definition) is 1. The number of carbonyl (C=O) groups is 2. The number of nitrogens with one attached hydrogen (secondary N) is 1. The summed E-state index contributed by atoms with van der Waals surface area (Å²) in [6.07, 6.45) is 0.119. The van der Waals surface area contributed by atoms with Gasteiger partial charge in [-0.25, -0.2) is 12.8 Å². The standard InChI is InChI=1S/C34H33Cl3FN3O4S/c1-34(2,3)39-33(43)31(18-23-10-6-4-7-11-23)40(21-24-14-15-25(35)19-28(24)36)32(42)22-41(26-16-17-30(38)29(37)20-26)46(44,45)27-12-8-5-9-13-27/h4-17,19-20,31H,18,21-22H2,1-3H3,(H,39,43)/t31-/m0/s1. The highest BCUT2D eigenvalue weighted by molar-refractivity contribution is 7.92. The van der Waals surface area contributed by atoms with Crippen LogP contribution in [-0.4, -0.2) is 43.3 Å². The van der Waals surface area contributed by atoms with Gasteiger partial charge in [-0.15, -0.1) is 0 Å². The maximum Gasteiger partial charge on any atom is 0.264 e. The molecule has 0 bridgehead atoms. The van der Waals surface area contributed by atoms with Gasteiger partial charge in [0, 0.05) is 28.5 Å². The van der Waals surface area contributed by atoms with E-state index in [1.807, 2.05) is 51.1 Å². The lowest BCUT2D eigenvalue weighted by molar-refractivity contribution is -0.140. The molecule has 0 saturated carbocycles. The normalized spacial score (nSPS) is 12.3. The minimum Gasteiger partial charge on any atom is -0.350 e. The van der Waals surface area contributed by atoms with Crippen molar-refractivity contribution in [2.45, 2.75) is 50.2 Å². The maximum absolute atomic E-state index is 14.5. The van der Waals surface area contributed by atoms with Crippen LogP contribution in [0.5, 0.6) is 0 Å². The van der Waals surface area contributed by atoms with Gasteiger partial charge in [-0.2, -0.15) is 0 Å². The van der Waals surface area contributed by atoms with E-state index >= 15 is 0 Å². The first-order chi connectivity index (χ1) is 21.7. The molecule has 242 valence electrons. The monoisotopic (exact) mass is 703 g/mol. The lowest BCUT2D eigenvalue weighted by Gasteiger charge is -2.35. The van der Waals surface area contributed by atoms with Crippen molar-refractivity contribution in [1.82, 2.24) is 10.2 Å². The van der Waals surface area contributed by atoms with Crippen molar-refractivity contribution < 1.29 is 22.4 Å². The van der Waals surface area contributed by atoms with Gasteiger partial charge in [-0.3, -0.25) is 13.9 Å². The summed E-state index contributed by atoms with van der Waals surface area (Å²) in [5, 5.41) is 3.28. The zero-order valence-electron chi connectivity index (χ0n) is 25.4. The van der Waals surface area contributed by atoms with Crippen LogP contribution in [0, 0.1) is 5.82 Å². The third-order valence-electron chi connectivity index (χ3n) is 6.93. The average Bonchev–Trinajstić information content (AvgIpc) is 3.00. The van der Waals surface area contributed by atoms with Gasteiger partial charge in [0.2, 0.25) is 11.8 Å². The summed E-state index contributed by atoms with van der Waals surface area (Å²) in [4.78, 5) is 29.7. The Morgan fingerprint density at radius 3 is 2.07 bits per heavy atom. The molecule has 12 heteroatoms. The van der Waals surface area contributed by atoms with E-state index in [-0.39, 0.29) is 33.6 Å². The van der Waals surface area contributed by atoms with Crippen LogP contribution in [0.4, 0.5) is 10.1 Å². The zero-order valence-corrected chi connectivity index (χ0v) is 28.5. The third kappa shape index (κ3) is 9.00. The molecule has 0 spiro atoms. The fraction of sp³-hybridized carbons (Fsp3) is 0.235. The van der Waals surface area contributed by atoms with E-state index in [2.05, 4.69) is 5.32 Å². The predicted octanol–water partition coefficient (Wildman–Crippen LogP) is 7.54. The molecule has 0 radical (unpaired) electrons. The highest BCUT2D eigenvalue weighted by Gasteiger charge is 2.36. The number of carbonyl (C=O) groups excluding carboxylic acids is 2. The summed E-state index contributed by atoms with van der Waals surface area (Å²) < 4.78 is 43.1. The van der Waals surface area contributed by atoms with E-state index in [9.17, 15) is 22.4 Å². The second-order valence-corrected chi connectivity index (χ2v) is 14.7. The number of hydrogen-bond acceptors (Lipinski definition) is 4. The highest BCUT2D eigenvalue weighted by atomic mass is 35.5. The van der Waals surface area contributed by atoms with Gasteiger partial charge in [0.05, 0.1) is 15.6 Å². The van der Waals surface area contributed by atoms with Crippen LogP contribution in [0.3, 0.4) is 0 Å². The molecule has 0 unspecified atom stereocenters. The molecule has 4 aromatic carbocycles. The zero-order chi connectivity index (χ0) is 33.6. The van der Waals surface area contributed by atoms with Crippen molar-refractivity contribution in [3.05, 3.63) is 129 Å². The molecule has 1 atom stereocenters. The maximum atomic E-state index is 14.5. The van der Waals surface area contributed by atoms with Crippen molar-refractivity contribution in [2.75, 3.05) is 10.8 Å². The fourth-order valence-electron chi connectivity index (χ4n) is 4.73. The summed E-state index contributed by atoms with van der Waals surface area (Å²) >= 11 is 18.7. The molecule has 46 heavy (non-hydrogen) atoms. The van der Waals surface area contributed by atoms with Crippen LogP contribution in [0.2, 0.25) is 15.1 Å². The van der Waals surface area contributed by atoms with E-state index in [1.165, 1.54) is 29.2 Å². The highest BCUT2D eigenvalue weighted by Crippen LogP contribution is 2.29. The minimum absolute atomic E-state index is 0.0353. The van der Waals surface area contributed by atoms with Gasteiger partial charge in [-0.05, 0) is 74.4 Å². The van der Waals surface area contributed by atoms with Gasteiger partial charge in [0.25, 0.3) is 10.0 Å². The molecule has 0 fully saturated rings. The van der Waals surface area contributed by atoms with Crippen molar-refractivity contribution in [3.8, 4) is 0 Å². The summed E-state index contributed by atoms with van der Waals surface area (Å²) in [5.74, 6) is -1.91. The molecule has 0 saturated heterocycles. The van der Waals surface area contributed by atoms with Gasteiger partial charge in [-0.1, -0.05) is 89.4 Å². The summed E-state index contributed by atoms with van der Waals surface area (Å²) in [6, 6.07) is 23.8. The van der Waals surface area contributed by atoms with E-state index in [1.54, 1.807) is 30.3 Å². The van der Waals surface area contributed by atoms with Crippen LogP contribution in [-0.2, 0) is 32.6 Å². The molecule has 0 heterocycles.